The van der Waals surface area contributed by atoms with Crippen LogP contribution < -0.4 is 4.74 Å². The number of H-pyrrole nitrogens is 1. The number of benzene rings is 1. The molecule has 0 unspecified atom stereocenters. The largest absolute Gasteiger partial charge is 0.481 e. The zero-order chi connectivity index (χ0) is 17.5. The summed E-state index contributed by atoms with van der Waals surface area (Å²) in [5, 5.41) is 9.64. The van der Waals surface area contributed by atoms with Crippen molar-refractivity contribution in [2.75, 3.05) is 19.6 Å². The summed E-state index contributed by atoms with van der Waals surface area (Å²) < 4.78 is 5.24. The molecule has 0 aliphatic carbocycles. The Morgan fingerprint density at radius 3 is 2.62 bits per heavy atom. The summed E-state index contributed by atoms with van der Waals surface area (Å²) in [6.45, 7) is 7.31. The van der Waals surface area contributed by atoms with Gasteiger partial charge in [0.05, 0.1) is 12.8 Å². The number of carboxylic acids is 1. The summed E-state index contributed by atoms with van der Waals surface area (Å²) in [7, 11) is 0. The second-order valence-electron chi connectivity index (χ2n) is 5.67. The Balaban J connectivity index is 2.07. The van der Waals surface area contributed by atoms with Gasteiger partial charge in [0.1, 0.15) is 5.75 Å². The number of esters is 1. The van der Waals surface area contributed by atoms with Crippen LogP contribution in [0.3, 0.4) is 0 Å². The minimum absolute atomic E-state index is 0.130. The highest BCUT2D eigenvalue weighted by Gasteiger charge is 2.11. The predicted molar refractivity (Wildman–Crippen MR) is 92.3 cm³/mol. The molecule has 0 saturated carbocycles. The monoisotopic (exact) mass is 332 g/mol. The SMILES string of the molecule is CCN(CC)CCc1c[nH]c2ccc(OC(=O)CCC(=O)O)cc12. The molecule has 0 radical (unpaired) electrons. The molecule has 1 heterocycles. The number of carbonyl (C=O) groups excluding carboxylic acids is 1. The van der Waals surface area contributed by atoms with E-state index in [0.29, 0.717) is 5.75 Å². The average Bonchev–Trinajstić information content (AvgIpc) is 2.96. The van der Waals surface area contributed by atoms with Gasteiger partial charge in [-0.05, 0) is 43.3 Å². The maximum atomic E-state index is 11.7. The van der Waals surface area contributed by atoms with Gasteiger partial charge in [0.2, 0.25) is 0 Å². The molecule has 2 N–H and O–H groups in total. The first-order valence-electron chi connectivity index (χ1n) is 8.28. The van der Waals surface area contributed by atoms with Gasteiger partial charge in [-0.3, -0.25) is 9.59 Å². The first kappa shape index (κ1) is 18.0. The van der Waals surface area contributed by atoms with E-state index in [2.05, 4.69) is 23.7 Å². The molecule has 6 nitrogen and oxygen atoms in total. The van der Waals surface area contributed by atoms with E-state index in [1.165, 1.54) is 5.56 Å². The number of hydrogen-bond donors (Lipinski definition) is 2. The smallest absolute Gasteiger partial charge is 0.311 e. The number of fused-ring (bicyclic) bond motifs is 1. The van der Waals surface area contributed by atoms with Crippen molar-refractivity contribution in [1.29, 1.82) is 0 Å². The Morgan fingerprint density at radius 1 is 1.21 bits per heavy atom. The Labute approximate surface area is 141 Å². The quantitative estimate of drug-likeness (QED) is 0.545. The number of aromatic nitrogens is 1. The molecule has 0 bridgehead atoms. The van der Waals surface area contributed by atoms with Gasteiger partial charge in [-0.1, -0.05) is 13.8 Å². The van der Waals surface area contributed by atoms with E-state index in [9.17, 15) is 9.59 Å². The van der Waals surface area contributed by atoms with Crippen molar-refractivity contribution in [3.63, 3.8) is 0 Å². The lowest BCUT2D eigenvalue weighted by Crippen LogP contribution is -2.25. The Bertz CT molecular complexity index is 704. The lowest BCUT2D eigenvalue weighted by atomic mass is 10.1. The molecule has 1 aromatic heterocycles. The molecule has 0 aliphatic rings. The summed E-state index contributed by atoms with van der Waals surface area (Å²) >= 11 is 0. The predicted octanol–water partition coefficient (Wildman–Crippen LogP) is 2.82. The molecule has 0 saturated heterocycles. The molecule has 0 spiro atoms. The molecule has 24 heavy (non-hydrogen) atoms. The lowest BCUT2D eigenvalue weighted by molar-refractivity contribution is -0.142. The Hall–Kier alpha value is -2.34. The molecule has 6 heteroatoms. The van der Waals surface area contributed by atoms with E-state index in [1.54, 1.807) is 6.07 Å². The number of nitrogens with zero attached hydrogens (tertiary/aromatic N) is 1. The third kappa shape index (κ3) is 4.83. The third-order valence-corrected chi connectivity index (χ3v) is 4.11. The van der Waals surface area contributed by atoms with E-state index in [1.807, 2.05) is 18.3 Å². The second-order valence-corrected chi connectivity index (χ2v) is 5.67. The fourth-order valence-electron chi connectivity index (χ4n) is 2.64. The average molecular weight is 332 g/mol. The van der Waals surface area contributed by atoms with Gasteiger partial charge in [-0.15, -0.1) is 0 Å². The fraction of sp³-hybridized carbons (Fsp3) is 0.444. The van der Waals surface area contributed by atoms with Crippen LogP contribution in [-0.4, -0.2) is 46.6 Å². The molecule has 2 aromatic rings. The molecule has 1 aromatic carbocycles. The van der Waals surface area contributed by atoms with Gasteiger partial charge in [0.25, 0.3) is 0 Å². The summed E-state index contributed by atoms with van der Waals surface area (Å²) in [6.07, 6.45) is 2.55. The molecule has 130 valence electrons. The van der Waals surface area contributed by atoms with Gasteiger partial charge in [-0.25, -0.2) is 0 Å². The number of nitrogens with one attached hydrogen (secondary N) is 1. The highest BCUT2D eigenvalue weighted by molar-refractivity contribution is 5.86. The number of carbonyl (C=O) groups is 2. The molecular weight excluding hydrogens is 308 g/mol. The molecule has 0 amide bonds. The van der Waals surface area contributed by atoms with Crippen LogP contribution in [0.2, 0.25) is 0 Å². The molecule has 2 rings (SSSR count). The van der Waals surface area contributed by atoms with E-state index < -0.39 is 11.9 Å². The first-order chi connectivity index (χ1) is 11.5. The van der Waals surface area contributed by atoms with E-state index in [-0.39, 0.29) is 12.8 Å². The van der Waals surface area contributed by atoms with Gasteiger partial charge in [-0.2, -0.15) is 0 Å². The van der Waals surface area contributed by atoms with Crippen LogP contribution in [0.1, 0.15) is 32.3 Å². The third-order valence-electron chi connectivity index (χ3n) is 4.11. The fourth-order valence-corrected chi connectivity index (χ4v) is 2.64. The van der Waals surface area contributed by atoms with Gasteiger partial charge < -0.3 is 19.7 Å². The minimum Gasteiger partial charge on any atom is -0.481 e. The number of rotatable bonds is 9. The van der Waals surface area contributed by atoms with Crippen LogP contribution >= 0.6 is 0 Å². The summed E-state index contributed by atoms with van der Waals surface area (Å²) in [5.74, 6) is -1.09. The van der Waals surface area contributed by atoms with Crippen molar-refractivity contribution in [2.45, 2.75) is 33.1 Å². The maximum absolute atomic E-state index is 11.7. The molecule has 0 atom stereocenters. The van der Waals surface area contributed by atoms with Crippen LogP contribution in [-0.2, 0) is 16.0 Å². The highest BCUT2D eigenvalue weighted by atomic mass is 16.5. The Kier molecular flexibility index (Phi) is 6.37. The van der Waals surface area contributed by atoms with Crippen LogP contribution in [0.15, 0.2) is 24.4 Å². The van der Waals surface area contributed by atoms with Gasteiger partial charge >= 0.3 is 11.9 Å². The lowest BCUT2D eigenvalue weighted by Gasteiger charge is -2.17. The van der Waals surface area contributed by atoms with Crippen LogP contribution in [0, 0.1) is 0 Å². The summed E-state index contributed by atoms with van der Waals surface area (Å²) in [5.41, 5.74) is 2.18. The van der Waals surface area contributed by atoms with Crippen molar-refractivity contribution >= 4 is 22.8 Å². The molecule has 0 aliphatic heterocycles. The number of likely N-dealkylation sites (N-methyl/N-ethyl adjacent to an activating group) is 1. The van der Waals surface area contributed by atoms with Crippen LogP contribution in [0.25, 0.3) is 10.9 Å². The molecule has 0 fully saturated rings. The normalized spacial score (nSPS) is 11.1. The number of aromatic amines is 1. The van der Waals surface area contributed by atoms with Crippen molar-refractivity contribution < 1.29 is 19.4 Å². The number of ether oxygens (including phenoxy) is 1. The first-order valence-corrected chi connectivity index (χ1v) is 8.28. The second kappa shape index (κ2) is 8.49. The van der Waals surface area contributed by atoms with E-state index in [4.69, 9.17) is 9.84 Å². The van der Waals surface area contributed by atoms with E-state index in [0.717, 1.165) is 37.0 Å². The van der Waals surface area contributed by atoms with Gasteiger partial charge in [0, 0.05) is 23.6 Å². The standard InChI is InChI=1S/C18H24N2O4/c1-3-20(4-2)10-9-13-12-19-16-6-5-14(11-15(13)16)24-18(23)8-7-17(21)22/h5-6,11-12,19H,3-4,7-10H2,1-2H3,(H,21,22). The van der Waals surface area contributed by atoms with Crippen molar-refractivity contribution in [3.8, 4) is 5.75 Å². The van der Waals surface area contributed by atoms with Crippen LogP contribution in [0.4, 0.5) is 0 Å². The summed E-state index contributed by atoms with van der Waals surface area (Å²) in [6, 6.07) is 5.42. The van der Waals surface area contributed by atoms with Crippen molar-refractivity contribution in [3.05, 3.63) is 30.0 Å². The zero-order valence-electron chi connectivity index (χ0n) is 14.2. The van der Waals surface area contributed by atoms with Gasteiger partial charge in [0.15, 0.2) is 0 Å². The number of carboxylic acid groups (broad SMARTS) is 1. The maximum Gasteiger partial charge on any atom is 0.311 e. The topological polar surface area (TPSA) is 82.6 Å². The Morgan fingerprint density at radius 2 is 1.96 bits per heavy atom. The molecular formula is C18H24N2O4. The van der Waals surface area contributed by atoms with Crippen LogP contribution in [0.5, 0.6) is 5.75 Å². The van der Waals surface area contributed by atoms with Crippen molar-refractivity contribution in [2.24, 2.45) is 0 Å². The zero-order valence-corrected chi connectivity index (χ0v) is 14.2. The number of aliphatic carboxylic acids is 1. The number of hydrogen-bond acceptors (Lipinski definition) is 4. The minimum atomic E-state index is -1.01. The highest BCUT2D eigenvalue weighted by Crippen LogP contribution is 2.24. The summed E-state index contributed by atoms with van der Waals surface area (Å²) in [4.78, 5) is 27.8. The van der Waals surface area contributed by atoms with E-state index >= 15 is 0 Å². The van der Waals surface area contributed by atoms with Crippen molar-refractivity contribution in [1.82, 2.24) is 9.88 Å².